The van der Waals surface area contributed by atoms with Crippen LogP contribution in [0.4, 0.5) is 0 Å². The van der Waals surface area contributed by atoms with E-state index in [9.17, 15) is 9.59 Å². The van der Waals surface area contributed by atoms with Crippen molar-refractivity contribution >= 4 is 18.1 Å². The maximum atomic E-state index is 12.2. The normalized spacial score (nSPS) is 10.4. The highest BCUT2D eigenvalue weighted by atomic mass is 32.1. The van der Waals surface area contributed by atoms with Crippen molar-refractivity contribution in [3.8, 4) is 22.8 Å². The molecular formula is C17H21N3O5S. The summed E-state index contributed by atoms with van der Waals surface area (Å²) in [6.07, 6.45) is 0. The number of carbonyl (C=O) groups excluding carboxylic acids is 1. The van der Waals surface area contributed by atoms with Crippen molar-refractivity contribution in [1.82, 2.24) is 14.9 Å². The molecule has 1 heterocycles. The number of carbonyl (C=O) groups is 1. The number of methoxy groups -OCH3 is 3. The van der Waals surface area contributed by atoms with Gasteiger partial charge in [0.1, 0.15) is 18.0 Å². The van der Waals surface area contributed by atoms with E-state index in [2.05, 4.69) is 10.3 Å². The van der Waals surface area contributed by atoms with Crippen LogP contribution in [0.25, 0.3) is 11.3 Å². The smallest absolute Gasteiger partial charge is 0.252 e. The van der Waals surface area contributed by atoms with E-state index in [1.807, 2.05) is 0 Å². The maximum Gasteiger partial charge on any atom is 0.252 e. The Morgan fingerprint density at radius 1 is 1.23 bits per heavy atom. The first kappa shape index (κ1) is 19.7. The molecule has 0 radical (unpaired) electrons. The summed E-state index contributed by atoms with van der Waals surface area (Å²) in [5, 5.41) is 2.73. The average molecular weight is 379 g/mol. The zero-order valence-electron chi connectivity index (χ0n) is 14.8. The largest absolute Gasteiger partial charge is 0.497 e. The van der Waals surface area contributed by atoms with Crippen molar-refractivity contribution in [3.05, 3.63) is 39.4 Å². The average Bonchev–Trinajstić information content (AvgIpc) is 2.63. The van der Waals surface area contributed by atoms with E-state index in [0.717, 1.165) is 0 Å². The monoisotopic (exact) mass is 379 g/mol. The number of hydrogen-bond donors (Lipinski definition) is 2. The minimum atomic E-state index is -0.362. The van der Waals surface area contributed by atoms with Crippen molar-refractivity contribution in [1.29, 1.82) is 0 Å². The predicted molar refractivity (Wildman–Crippen MR) is 99.3 cm³/mol. The molecule has 0 atom stereocenters. The second-order valence-corrected chi connectivity index (χ2v) is 5.71. The number of amides is 1. The zero-order valence-corrected chi connectivity index (χ0v) is 15.6. The van der Waals surface area contributed by atoms with Crippen molar-refractivity contribution in [2.75, 3.05) is 34.5 Å². The summed E-state index contributed by atoms with van der Waals surface area (Å²) < 4.78 is 17.2. The van der Waals surface area contributed by atoms with E-state index < -0.39 is 0 Å². The molecule has 26 heavy (non-hydrogen) atoms. The Labute approximate surface area is 155 Å². The van der Waals surface area contributed by atoms with E-state index in [4.69, 9.17) is 26.4 Å². The molecule has 9 heteroatoms. The van der Waals surface area contributed by atoms with Crippen molar-refractivity contribution in [3.63, 3.8) is 0 Å². The van der Waals surface area contributed by atoms with Crippen molar-refractivity contribution < 1.29 is 19.0 Å². The Morgan fingerprint density at radius 3 is 2.65 bits per heavy atom. The lowest BCUT2D eigenvalue weighted by atomic mass is 10.1. The number of nitrogens with one attached hydrogen (secondary N) is 2. The second-order valence-electron chi connectivity index (χ2n) is 5.32. The number of benzene rings is 1. The molecule has 0 aliphatic heterocycles. The highest BCUT2D eigenvalue weighted by Crippen LogP contribution is 2.32. The summed E-state index contributed by atoms with van der Waals surface area (Å²) in [4.78, 5) is 26.7. The fraction of sp³-hybridized carbons (Fsp3) is 0.353. The molecular weight excluding hydrogens is 358 g/mol. The van der Waals surface area contributed by atoms with Crippen LogP contribution in [-0.2, 0) is 16.1 Å². The minimum Gasteiger partial charge on any atom is -0.497 e. The first-order chi connectivity index (χ1) is 12.5. The topological polar surface area (TPSA) is 94.6 Å². The van der Waals surface area contributed by atoms with Crippen LogP contribution >= 0.6 is 12.2 Å². The van der Waals surface area contributed by atoms with Gasteiger partial charge in [-0.1, -0.05) is 0 Å². The van der Waals surface area contributed by atoms with Crippen LogP contribution in [0.1, 0.15) is 0 Å². The van der Waals surface area contributed by atoms with Crippen molar-refractivity contribution in [2.24, 2.45) is 0 Å². The number of hydrogen-bond acceptors (Lipinski definition) is 6. The molecule has 0 fully saturated rings. The molecule has 0 bridgehead atoms. The number of H-pyrrole nitrogens is 1. The summed E-state index contributed by atoms with van der Waals surface area (Å²) >= 11 is 5.25. The Balaban J connectivity index is 2.47. The van der Waals surface area contributed by atoms with E-state index in [1.54, 1.807) is 37.0 Å². The van der Waals surface area contributed by atoms with Gasteiger partial charge in [0, 0.05) is 31.4 Å². The summed E-state index contributed by atoms with van der Waals surface area (Å²) in [5.74, 6) is 0.856. The van der Waals surface area contributed by atoms with Gasteiger partial charge in [-0.15, -0.1) is 0 Å². The quantitative estimate of drug-likeness (QED) is 0.531. The lowest BCUT2D eigenvalue weighted by Gasteiger charge is -2.16. The SMILES string of the molecule is COCCNC(=O)Cn1c(-c2ccc(OC)cc2OC)cc(=O)[nH]c1=S. The Morgan fingerprint density at radius 2 is 2.00 bits per heavy atom. The molecule has 0 spiro atoms. The number of aromatic nitrogens is 2. The molecule has 0 saturated carbocycles. The molecule has 1 aromatic heterocycles. The lowest BCUT2D eigenvalue weighted by Crippen LogP contribution is -2.31. The van der Waals surface area contributed by atoms with Crippen LogP contribution in [-0.4, -0.2) is 49.9 Å². The second kappa shape index (κ2) is 9.16. The third-order valence-corrected chi connectivity index (χ3v) is 3.97. The molecule has 140 valence electrons. The Bertz CT molecular complexity index is 891. The molecule has 2 N–H and O–H groups in total. The Kier molecular flexibility index (Phi) is 6.93. The van der Waals surface area contributed by atoms with E-state index in [-0.39, 0.29) is 22.8 Å². The number of nitrogens with zero attached hydrogens (tertiary/aromatic N) is 1. The van der Waals surface area contributed by atoms with Gasteiger partial charge in [0.25, 0.3) is 5.56 Å². The Hall–Kier alpha value is -2.65. The molecule has 2 aromatic rings. The van der Waals surface area contributed by atoms with Gasteiger partial charge in [0.05, 0.1) is 26.5 Å². The van der Waals surface area contributed by atoms with E-state index in [0.29, 0.717) is 35.9 Å². The fourth-order valence-corrected chi connectivity index (χ4v) is 2.67. The molecule has 0 aliphatic rings. The van der Waals surface area contributed by atoms with Gasteiger partial charge in [-0.2, -0.15) is 0 Å². The van der Waals surface area contributed by atoms with Gasteiger partial charge in [-0.05, 0) is 24.4 Å². The summed E-state index contributed by atoms with van der Waals surface area (Å²) in [5.41, 5.74) is 0.731. The van der Waals surface area contributed by atoms with Crippen LogP contribution in [0.2, 0.25) is 0 Å². The lowest BCUT2D eigenvalue weighted by molar-refractivity contribution is -0.121. The summed E-state index contributed by atoms with van der Waals surface area (Å²) in [7, 11) is 4.62. The summed E-state index contributed by atoms with van der Waals surface area (Å²) in [6, 6.07) is 6.57. The third-order valence-electron chi connectivity index (χ3n) is 3.65. The van der Waals surface area contributed by atoms with Crippen LogP contribution in [0, 0.1) is 4.77 Å². The van der Waals surface area contributed by atoms with E-state index in [1.165, 1.54) is 13.2 Å². The van der Waals surface area contributed by atoms with Gasteiger partial charge in [-0.25, -0.2) is 0 Å². The van der Waals surface area contributed by atoms with Crippen LogP contribution in [0.3, 0.4) is 0 Å². The number of aromatic amines is 1. The molecule has 0 aliphatic carbocycles. The third kappa shape index (κ3) is 4.70. The number of ether oxygens (including phenoxy) is 3. The molecule has 0 unspecified atom stereocenters. The van der Waals surface area contributed by atoms with Crippen LogP contribution in [0.5, 0.6) is 11.5 Å². The summed E-state index contributed by atoms with van der Waals surface area (Å²) in [6.45, 7) is 0.735. The zero-order chi connectivity index (χ0) is 19.1. The maximum absolute atomic E-state index is 12.2. The van der Waals surface area contributed by atoms with Crippen LogP contribution < -0.4 is 20.3 Å². The standard InChI is InChI=1S/C17H21N3O5S/c1-23-7-6-18-16(22)10-20-13(9-15(21)19-17(20)26)12-5-4-11(24-2)8-14(12)25-3/h4-5,8-9H,6-7,10H2,1-3H3,(H,18,22)(H,19,21,26). The van der Waals surface area contributed by atoms with Crippen LogP contribution in [0.15, 0.2) is 29.1 Å². The molecule has 1 aromatic carbocycles. The first-order valence-corrected chi connectivity index (χ1v) is 8.23. The molecule has 8 nitrogen and oxygen atoms in total. The van der Waals surface area contributed by atoms with Gasteiger partial charge in [0.2, 0.25) is 5.91 Å². The minimum absolute atomic E-state index is 0.0517. The van der Waals surface area contributed by atoms with Gasteiger partial charge < -0.3 is 24.1 Å². The predicted octanol–water partition coefficient (Wildman–Crippen LogP) is 1.35. The molecule has 2 rings (SSSR count). The van der Waals surface area contributed by atoms with Gasteiger partial charge >= 0.3 is 0 Å². The van der Waals surface area contributed by atoms with Gasteiger partial charge in [-0.3, -0.25) is 14.6 Å². The fourth-order valence-electron chi connectivity index (χ4n) is 2.40. The van der Waals surface area contributed by atoms with E-state index >= 15 is 0 Å². The highest BCUT2D eigenvalue weighted by molar-refractivity contribution is 7.71. The van der Waals surface area contributed by atoms with Crippen molar-refractivity contribution in [2.45, 2.75) is 6.54 Å². The first-order valence-electron chi connectivity index (χ1n) is 7.82. The highest BCUT2D eigenvalue weighted by Gasteiger charge is 2.15. The number of rotatable bonds is 8. The molecule has 1 amide bonds. The molecule has 0 saturated heterocycles. The van der Waals surface area contributed by atoms with Gasteiger partial charge in [0.15, 0.2) is 4.77 Å².